The fourth-order valence-corrected chi connectivity index (χ4v) is 2.44. The number of nitro groups is 1. The van der Waals surface area contributed by atoms with E-state index in [1.807, 2.05) is 0 Å². The van der Waals surface area contributed by atoms with Crippen LogP contribution in [0.5, 0.6) is 0 Å². The van der Waals surface area contributed by atoms with Crippen LogP contribution in [0.4, 0.5) is 24.5 Å². The number of methoxy groups -OCH3 is 1. The molecule has 0 aliphatic rings. The van der Waals surface area contributed by atoms with Crippen molar-refractivity contribution in [2.45, 2.75) is 11.8 Å². The Hall–Kier alpha value is -3.38. The molecule has 2 aromatic rings. The number of anilines is 1. The fourth-order valence-electron chi connectivity index (χ4n) is 2.25. The number of hydrogen-bond donors (Lipinski definition) is 3. The maximum absolute atomic E-state index is 13.9. The van der Waals surface area contributed by atoms with E-state index in [2.05, 4.69) is 10.2 Å². The molecule has 0 heterocycles. The van der Waals surface area contributed by atoms with Crippen LogP contribution in [0.2, 0.25) is 5.02 Å². The van der Waals surface area contributed by atoms with Gasteiger partial charge in [0, 0.05) is 28.4 Å². The average Bonchev–Trinajstić information content (AvgIpc) is 2.69. The molecule has 0 saturated heterocycles. The van der Waals surface area contributed by atoms with E-state index < -0.39 is 28.6 Å². The highest BCUT2D eigenvalue weighted by Crippen LogP contribution is 2.30. The van der Waals surface area contributed by atoms with Crippen LogP contribution in [0, 0.1) is 10.1 Å². The zero-order valence-electron chi connectivity index (χ0n) is 15.1. The molecule has 0 saturated carbocycles. The lowest BCUT2D eigenvalue weighted by atomic mass is 10.1. The number of ether oxygens (including phenoxy) is 1. The molecule has 0 aliphatic carbocycles. The molecule has 0 aliphatic heterocycles. The molecule has 0 aromatic heterocycles. The Morgan fingerprint density at radius 2 is 1.77 bits per heavy atom. The van der Waals surface area contributed by atoms with Gasteiger partial charge in [-0.15, -0.1) is 0 Å². The van der Waals surface area contributed by atoms with E-state index in [-0.39, 0.29) is 22.0 Å². The molecule has 13 heteroatoms. The number of rotatable bonds is 7. The summed E-state index contributed by atoms with van der Waals surface area (Å²) in [6.45, 7) is 0. The number of amides is 1. The number of nitro benzene ring substituents is 1. The summed E-state index contributed by atoms with van der Waals surface area (Å²) in [5, 5.41) is 12.4. The Bertz CT molecular complexity index is 955. The lowest BCUT2D eigenvalue weighted by molar-refractivity contribution is -0.384. The Balaban J connectivity index is 2.36. The van der Waals surface area contributed by atoms with Crippen molar-refractivity contribution in [3.8, 4) is 0 Å². The number of halogens is 4. The number of carbonyl (C=O) groups excluding carboxylic acids is 2. The Morgan fingerprint density at radius 1 is 1.13 bits per heavy atom. The smallest absolute Gasteiger partial charge is 0.438 e. The molecular formula is C17H14ClF3N4O5. The number of nitrogens with zero attached hydrogens (tertiary/aromatic N) is 1. The second-order valence-electron chi connectivity index (χ2n) is 5.76. The first-order chi connectivity index (χ1) is 14.0. The summed E-state index contributed by atoms with van der Waals surface area (Å²) in [5.41, 5.74) is -0.464. The molecule has 1 amide bonds. The highest BCUT2D eigenvalue weighted by molar-refractivity contribution is 6.31. The van der Waals surface area contributed by atoms with Gasteiger partial charge in [-0.25, -0.2) is 4.79 Å². The number of benzene rings is 2. The molecule has 0 radical (unpaired) electrons. The van der Waals surface area contributed by atoms with Crippen LogP contribution in [0.25, 0.3) is 0 Å². The monoisotopic (exact) mass is 446 g/mol. The summed E-state index contributed by atoms with van der Waals surface area (Å²) in [6, 6.07) is 9.31. The zero-order valence-corrected chi connectivity index (χ0v) is 15.9. The van der Waals surface area contributed by atoms with Crippen LogP contribution < -0.4 is 16.2 Å². The van der Waals surface area contributed by atoms with Gasteiger partial charge in [-0.2, -0.15) is 18.6 Å². The fraction of sp³-hybridized carbons (Fsp3) is 0.176. The molecule has 0 spiro atoms. The van der Waals surface area contributed by atoms with Crippen LogP contribution in [0.15, 0.2) is 48.5 Å². The van der Waals surface area contributed by atoms with Crippen LogP contribution in [-0.4, -0.2) is 35.7 Å². The molecular weight excluding hydrogens is 433 g/mol. The van der Waals surface area contributed by atoms with Crippen molar-refractivity contribution in [3.63, 3.8) is 0 Å². The van der Waals surface area contributed by atoms with Crippen molar-refractivity contribution in [1.82, 2.24) is 10.7 Å². The number of hydrogen-bond acceptors (Lipinski definition) is 7. The van der Waals surface area contributed by atoms with E-state index in [1.54, 1.807) is 10.7 Å². The van der Waals surface area contributed by atoms with E-state index in [0.717, 1.165) is 30.3 Å². The van der Waals surface area contributed by atoms with Crippen LogP contribution in [0.3, 0.4) is 0 Å². The van der Waals surface area contributed by atoms with Gasteiger partial charge >= 0.3 is 17.8 Å². The lowest BCUT2D eigenvalue weighted by Gasteiger charge is -2.34. The van der Waals surface area contributed by atoms with Gasteiger partial charge < -0.3 is 15.5 Å². The van der Waals surface area contributed by atoms with Crippen LogP contribution in [-0.2, 0) is 9.53 Å². The van der Waals surface area contributed by atoms with Crippen molar-refractivity contribution in [2.75, 3.05) is 12.5 Å². The minimum atomic E-state index is -5.36. The van der Waals surface area contributed by atoms with E-state index in [1.165, 1.54) is 18.2 Å². The summed E-state index contributed by atoms with van der Waals surface area (Å²) in [7, 11) is 0.710. The van der Waals surface area contributed by atoms with Gasteiger partial charge in [-0.3, -0.25) is 14.9 Å². The maximum atomic E-state index is 13.9. The standard InChI is InChI=1S/C17H14ClF3N4O5/c1-30-15(27)16(17(19,20)21,22-14(26)10-3-2-4-11(18)9-10)24-23-12-5-7-13(8-6-12)25(28)29/h2-9,23-24H,1H3,(H,22,26)/t16-/m1/s1. The molecule has 0 bridgehead atoms. The summed E-state index contributed by atoms with van der Waals surface area (Å²) < 4.78 is 46.0. The predicted octanol–water partition coefficient (Wildman–Crippen LogP) is 3.03. The van der Waals surface area contributed by atoms with Crippen molar-refractivity contribution >= 4 is 34.9 Å². The molecule has 30 heavy (non-hydrogen) atoms. The molecule has 9 nitrogen and oxygen atoms in total. The van der Waals surface area contributed by atoms with Crippen LogP contribution >= 0.6 is 11.6 Å². The van der Waals surface area contributed by atoms with Gasteiger partial charge in [-0.1, -0.05) is 17.7 Å². The highest BCUT2D eigenvalue weighted by atomic mass is 35.5. The Kier molecular flexibility index (Phi) is 6.84. The third-order valence-corrected chi connectivity index (χ3v) is 4.01. The molecule has 0 unspecified atom stereocenters. The van der Waals surface area contributed by atoms with Crippen molar-refractivity contribution in [2.24, 2.45) is 0 Å². The van der Waals surface area contributed by atoms with Crippen molar-refractivity contribution < 1.29 is 32.4 Å². The lowest BCUT2D eigenvalue weighted by Crippen LogP contribution is -2.73. The second-order valence-corrected chi connectivity index (χ2v) is 6.19. The summed E-state index contributed by atoms with van der Waals surface area (Å²) in [5.74, 6) is -3.13. The van der Waals surface area contributed by atoms with Gasteiger partial charge in [-0.05, 0) is 30.3 Å². The molecule has 0 fully saturated rings. The minimum absolute atomic E-state index is 0.0601. The quantitative estimate of drug-likeness (QED) is 0.258. The zero-order chi connectivity index (χ0) is 22.5. The number of carbonyl (C=O) groups is 2. The summed E-state index contributed by atoms with van der Waals surface area (Å²) in [4.78, 5) is 34.5. The normalized spacial score (nSPS) is 13.1. The number of non-ortho nitro benzene ring substituents is 1. The molecule has 2 rings (SSSR count). The first kappa shape index (κ1) is 22.9. The number of nitrogens with one attached hydrogen (secondary N) is 3. The SMILES string of the molecule is COC(=O)[C@](NNc1ccc([N+](=O)[O-])cc1)(NC(=O)c1cccc(Cl)c1)C(F)(F)F. The van der Waals surface area contributed by atoms with Crippen LogP contribution in [0.1, 0.15) is 10.4 Å². The first-order valence-electron chi connectivity index (χ1n) is 8.01. The van der Waals surface area contributed by atoms with E-state index in [4.69, 9.17) is 11.6 Å². The summed E-state index contributed by atoms with van der Waals surface area (Å²) in [6.07, 6.45) is -5.36. The van der Waals surface area contributed by atoms with Gasteiger partial charge in [0.15, 0.2) is 0 Å². The first-order valence-corrected chi connectivity index (χ1v) is 8.39. The minimum Gasteiger partial charge on any atom is -0.466 e. The van der Waals surface area contributed by atoms with Gasteiger partial charge in [0.05, 0.1) is 12.0 Å². The number of hydrazine groups is 1. The molecule has 160 valence electrons. The highest BCUT2D eigenvalue weighted by Gasteiger charge is 2.63. The third kappa shape index (κ3) is 4.96. The van der Waals surface area contributed by atoms with E-state index >= 15 is 0 Å². The Morgan fingerprint density at radius 3 is 2.27 bits per heavy atom. The predicted molar refractivity (Wildman–Crippen MR) is 99.6 cm³/mol. The molecule has 3 N–H and O–H groups in total. The second kappa shape index (κ2) is 8.97. The molecule has 2 aromatic carbocycles. The van der Waals surface area contributed by atoms with E-state index in [0.29, 0.717) is 7.11 Å². The number of esters is 1. The van der Waals surface area contributed by atoms with Gasteiger partial charge in [0.2, 0.25) is 0 Å². The van der Waals surface area contributed by atoms with Crippen molar-refractivity contribution in [3.05, 3.63) is 69.2 Å². The third-order valence-electron chi connectivity index (χ3n) is 3.78. The summed E-state index contributed by atoms with van der Waals surface area (Å²) >= 11 is 5.75. The number of alkyl halides is 3. The molecule has 1 atom stereocenters. The Labute approximate surface area is 172 Å². The maximum Gasteiger partial charge on any atom is 0.438 e. The largest absolute Gasteiger partial charge is 0.466 e. The van der Waals surface area contributed by atoms with Gasteiger partial charge in [0.25, 0.3) is 11.6 Å². The average molecular weight is 447 g/mol. The van der Waals surface area contributed by atoms with E-state index in [9.17, 15) is 32.9 Å². The topological polar surface area (TPSA) is 123 Å². The van der Waals surface area contributed by atoms with Gasteiger partial charge in [0.1, 0.15) is 0 Å². The van der Waals surface area contributed by atoms with Crippen molar-refractivity contribution in [1.29, 1.82) is 0 Å².